The summed E-state index contributed by atoms with van der Waals surface area (Å²) in [5.41, 5.74) is 3.39. The summed E-state index contributed by atoms with van der Waals surface area (Å²) in [6, 6.07) is 15.6. The number of nitrogens with one attached hydrogen (secondary N) is 3. The molecule has 0 spiro atoms. The molecule has 2 aromatic carbocycles. The van der Waals surface area contributed by atoms with Gasteiger partial charge in [-0.15, -0.1) is 24.0 Å². The van der Waals surface area contributed by atoms with Crippen LogP contribution in [-0.2, 0) is 13.1 Å². The summed E-state index contributed by atoms with van der Waals surface area (Å²) in [5, 5.41) is 10.7. The van der Waals surface area contributed by atoms with Gasteiger partial charge in [0.1, 0.15) is 11.3 Å². The van der Waals surface area contributed by atoms with Crippen molar-refractivity contribution in [3.63, 3.8) is 0 Å². The molecule has 6 nitrogen and oxygen atoms in total. The molecule has 3 rings (SSSR count). The predicted molar refractivity (Wildman–Crippen MR) is 137 cm³/mol. The Morgan fingerprint density at radius 3 is 2.42 bits per heavy atom. The van der Waals surface area contributed by atoms with E-state index in [0.717, 1.165) is 27.9 Å². The summed E-state index contributed by atoms with van der Waals surface area (Å²) in [4.78, 5) is 16.7. The third kappa shape index (κ3) is 6.72. The van der Waals surface area contributed by atoms with Crippen LogP contribution in [0.2, 0.25) is 0 Å². The molecule has 31 heavy (non-hydrogen) atoms. The number of rotatable bonds is 5. The fourth-order valence-corrected chi connectivity index (χ4v) is 3.20. The lowest BCUT2D eigenvalue weighted by Gasteiger charge is -2.20. The number of guanidine groups is 1. The van der Waals surface area contributed by atoms with Gasteiger partial charge in [-0.05, 0) is 51.5 Å². The summed E-state index contributed by atoms with van der Waals surface area (Å²) in [6.45, 7) is 9.05. The van der Waals surface area contributed by atoms with Gasteiger partial charge in [0.25, 0.3) is 5.91 Å². The highest BCUT2D eigenvalue weighted by molar-refractivity contribution is 14.0. The SMILES string of the molecule is CN=C(NCc1cccc(C(=O)NC(C)(C)C)c1)NCc1oc2ccccc2c1C.I. The van der Waals surface area contributed by atoms with Crippen molar-refractivity contribution >= 4 is 46.8 Å². The van der Waals surface area contributed by atoms with E-state index in [0.29, 0.717) is 24.6 Å². The Hall–Kier alpha value is -2.55. The van der Waals surface area contributed by atoms with Crippen molar-refractivity contribution in [2.75, 3.05) is 7.05 Å². The van der Waals surface area contributed by atoms with Crippen molar-refractivity contribution in [3.8, 4) is 0 Å². The van der Waals surface area contributed by atoms with E-state index in [4.69, 9.17) is 4.42 Å². The third-order valence-corrected chi connectivity index (χ3v) is 4.72. The second-order valence-corrected chi connectivity index (χ2v) is 8.33. The first-order chi connectivity index (χ1) is 14.3. The fraction of sp³-hybridized carbons (Fsp3) is 0.333. The van der Waals surface area contributed by atoms with Crippen LogP contribution in [-0.4, -0.2) is 24.5 Å². The lowest BCUT2D eigenvalue weighted by molar-refractivity contribution is 0.0919. The Balaban J connectivity index is 0.00000341. The molecule has 0 fully saturated rings. The van der Waals surface area contributed by atoms with Crippen molar-refractivity contribution in [1.29, 1.82) is 0 Å². The van der Waals surface area contributed by atoms with Gasteiger partial charge in [0.15, 0.2) is 5.96 Å². The first kappa shape index (κ1) is 24.7. The zero-order chi connectivity index (χ0) is 21.7. The minimum Gasteiger partial charge on any atom is -0.459 e. The van der Waals surface area contributed by atoms with Crippen LogP contribution in [0.25, 0.3) is 11.0 Å². The highest BCUT2D eigenvalue weighted by Gasteiger charge is 2.15. The second-order valence-electron chi connectivity index (χ2n) is 8.33. The van der Waals surface area contributed by atoms with Crippen molar-refractivity contribution in [2.24, 2.45) is 4.99 Å². The van der Waals surface area contributed by atoms with Crippen LogP contribution in [0.15, 0.2) is 57.9 Å². The van der Waals surface area contributed by atoms with E-state index in [-0.39, 0.29) is 35.4 Å². The Morgan fingerprint density at radius 1 is 1.03 bits per heavy atom. The number of aryl methyl sites for hydroxylation is 1. The van der Waals surface area contributed by atoms with E-state index >= 15 is 0 Å². The molecule has 3 N–H and O–H groups in total. The number of fused-ring (bicyclic) bond motifs is 1. The van der Waals surface area contributed by atoms with Crippen LogP contribution in [0.5, 0.6) is 0 Å². The molecule has 0 saturated heterocycles. The molecule has 0 unspecified atom stereocenters. The molecule has 0 aliphatic rings. The summed E-state index contributed by atoms with van der Waals surface area (Å²) in [6.07, 6.45) is 0. The quantitative estimate of drug-likeness (QED) is 0.251. The minimum atomic E-state index is -0.272. The van der Waals surface area contributed by atoms with Gasteiger partial charge in [-0.1, -0.05) is 30.3 Å². The van der Waals surface area contributed by atoms with Gasteiger partial charge < -0.3 is 20.4 Å². The highest BCUT2D eigenvalue weighted by Crippen LogP contribution is 2.24. The van der Waals surface area contributed by atoms with Crippen LogP contribution in [0.3, 0.4) is 0 Å². The topological polar surface area (TPSA) is 78.7 Å². The van der Waals surface area contributed by atoms with E-state index in [1.807, 2.05) is 63.2 Å². The van der Waals surface area contributed by atoms with E-state index in [1.54, 1.807) is 7.05 Å². The average Bonchev–Trinajstić information content (AvgIpc) is 3.03. The molecule has 7 heteroatoms. The summed E-state index contributed by atoms with van der Waals surface area (Å²) >= 11 is 0. The maximum absolute atomic E-state index is 12.4. The molecule has 0 aliphatic heterocycles. The predicted octanol–water partition coefficient (Wildman–Crippen LogP) is 4.75. The first-order valence-corrected chi connectivity index (χ1v) is 10.1. The number of para-hydroxylation sites is 1. The van der Waals surface area contributed by atoms with Crippen LogP contribution < -0.4 is 16.0 Å². The lowest BCUT2D eigenvalue weighted by atomic mass is 10.1. The fourth-order valence-electron chi connectivity index (χ4n) is 3.20. The summed E-state index contributed by atoms with van der Waals surface area (Å²) in [7, 11) is 1.73. The number of carbonyl (C=O) groups excluding carboxylic acids is 1. The van der Waals surface area contributed by atoms with Crippen molar-refractivity contribution in [2.45, 2.75) is 46.3 Å². The Kier molecular flexibility index (Phi) is 8.50. The molecular weight excluding hydrogens is 503 g/mol. The van der Waals surface area contributed by atoms with Crippen molar-refractivity contribution < 1.29 is 9.21 Å². The maximum Gasteiger partial charge on any atom is 0.251 e. The van der Waals surface area contributed by atoms with Gasteiger partial charge >= 0.3 is 0 Å². The van der Waals surface area contributed by atoms with Crippen LogP contribution >= 0.6 is 24.0 Å². The van der Waals surface area contributed by atoms with E-state index in [2.05, 4.69) is 33.9 Å². The smallest absolute Gasteiger partial charge is 0.251 e. The molecule has 0 radical (unpaired) electrons. The Bertz CT molecular complexity index is 1070. The zero-order valence-electron chi connectivity index (χ0n) is 18.7. The lowest BCUT2D eigenvalue weighted by Crippen LogP contribution is -2.40. The number of halogens is 1. The largest absolute Gasteiger partial charge is 0.459 e. The van der Waals surface area contributed by atoms with Crippen LogP contribution in [0.4, 0.5) is 0 Å². The molecular formula is C24H31IN4O2. The number of carbonyl (C=O) groups is 1. The second kappa shape index (κ2) is 10.7. The maximum atomic E-state index is 12.4. The molecule has 0 saturated carbocycles. The zero-order valence-corrected chi connectivity index (χ0v) is 21.0. The van der Waals surface area contributed by atoms with Gasteiger partial charge in [-0.2, -0.15) is 0 Å². The first-order valence-electron chi connectivity index (χ1n) is 10.1. The molecule has 0 atom stereocenters. The third-order valence-electron chi connectivity index (χ3n) is 4.72. The van der Waals surface area contributed by atoms with Gasteiger partial charge in [0.2, 0.25) is 0 Å². The molecule has 1 heterocycles. The Morgan fingerprint density at radius 2 is 1.74 bits per heavy atom. The molecule has 1 aromatic heterocycles. The molecule has 0 bridgehead atoms. The number of furan rings is 1. The van der Waals surface area contributed by atoms with Crippen LogP contribution in [0, 0.1) is 6.92 Å². The van der Waals surface area contributed by atoms with Gasteiger partial charge in [-0.3, -0.25) is 9.79 Å². The highest BCUT2D eigenvalue weighted by atomic mass is 127. The van der Waals surface area contributed by atoms with Gasteiger partial charge in [0, 0.05) is 35.6 Å². The molecule has 0 aliphatic carbocycles. The standard InChI is InChI=1S/C24H30N4O2.HI/c1-16-19-11-6-7-12-20(19)30-21(16)15-27-23(25-5)26-14-17-9-8-10-18(13-17)22(29)28-24(2,3)4;/h6-13H,14-15H2,1-5H3,(H,28,29)(H2,25,26,27);1H. The summed E-state index contributed by atoms with van der Waals surface area (Å²) in [5.74, 6) is 1.48. The van der Waals surface area contributed by atoms with Gasteiger partial charge in [0.05, 0.1) is 6.54 Å². The number of benzene rings is 2. The van der Waals surface area contributed by atoms with E-state index < -0.39 is 0 Å². The van der Waals surface area contributed by atoms with Crippen LogP contribution in [0.1, 0.15) is 48.0 Å². The molecule has 1 amide bonds. The number of hydrogen-bond donors (Lipinski definition) is 3. The number of aliphatic imine (C=N–C) groups is 1. The normalized spacial score (nSPS) is 11.7. The number of hydrogen-bond acceptors (Lipinski definition) is 3. The Labute approximate surface area is 200 Å². The van der Waals surface area contributed by atoms with E-state index in [1.165, 1.54) is 0 Å². The van der Waals surface area contributed by atoms with Crippen molar-refractivity contribution in [1.82, 2.24) is 16.0 Å². The number of nitrogens with zero attached hydrogens (tertiary/aromatic N) is 1. The minimum absolute atomic E-state index is 0. The van der Waals surface area contributed by atoms with Crippen molar-refractivity contribution in [3.05, 3.63) is 71.0 Å². The van der Waals surface area contributed by atoms with E-state index in [9.17, 15) is 4.79 Å². The average molecular weight is 534 g/mol. The molecule has 3 aromatic rings. The monoisotopic (exact) mass is 534 g/mol. The van der Waals surface area contributed by atoms with Gasteiger partial charge in [-0.25, -0.2) is 0 Å². The molecule has 166 valence electrons. The number of amides is 1. The summed E-state index contributed by atoms with van der Waals surface area (Å²) < 4.78 is 5.95.